The maximum atomic E-state index is 6.00. The van der Waals surface area contributed by atoms with Crippen molar-refractivity contribution in [2.45, 2.75) is 0 Å². The third-order valence-electron chi connectivity index (χ3n) is 1.59. The lowest BCUT2D eigenvalue weighted by Gasteiger charge is -2.05. The Bertz CT molecular complexity index is 488. The lowest BCUT2D eigenvalue weighted by molar-refractivity contribution is 1.07. The predicted molar refractivity (Wildman–Crippen MR) is 67.4 cm³/mol. The first-order chi connectivity index (χ1) is 7.16. The molecular weight excluding hydrogens is 321 g/mol. The van der Waals surface area contributed by atoms with Gasteiger partial charge in [-0.1, -0.05) is 40.6 Å². The predicted octanol–water partition coefficient (Wildman–Crippen LogP) is 4.35. The third-order valence-corrected chi connectivity index (χ3v) is 3.68. The number of aromatic nitrogens is 2. The summed E-state index contributed by atoms with van der Waals surface area (Å²) in [5.74, 6) is 0. The standard InChI is InChI=1S/C8H4BrCl2N3S/c9-7-13-14-8(15-7)12-5-3-1-2-4(10)6(5)11/h1-3H,(H,12,14). The first-order valence-corrected chi connectivity index (χ1v) is 6.23. The molecule has 0 aliphatic rings. The van der Waals surface area contributed by atoms with E-state index < -0.39 is 0 Å². The van der Waals surface area contributed by atoms with Crippen molar-refractivity contribution < 1.29 is 0 Å². The Morgan fingerprint density at radius 1 is 1.27 bits per heavy atom. The number of hydrogen-bond acceptors (Lipinski definition) is 4. The second kappa shape index (κ2) is 4.65. The summed E-state index contributed by atoms with van der Waals surface area (Å²) in [7, 11) is 0. The van der Waals surface area contributed by atoms with Gasteiger partial charge in [0, 0.05) is 0 Å². The zero-order valence-corrected chi connectivity index (χ0v) is 11.1. The Labute approximate surface area is 109 Å². The molecular formula is C8H4BrCl2N3S. The molecule has 0 bridgehead atoms. The first kappa shape index (κ1) is 11.1. The second-order valence-corrected chi connectivity index (χ2v) is 5.63. The summed E-state index contributed by atoms with van der Waals surface area (Å²) in [6.45, 7) is 0. The monoisotopic (exact) mass is 323 g/mol. The number of anilines is 2. The van der Waals surface area contributed by atoms with Crippen molar-refractivity contribution in [3.63, 3.8) is 0 Å². The van der Waals surface area contributed by atoms with Crippen molar-refractivity contribution in [3.8, 4) is 0 Å². The summed E-state index contributed by atoms with van der Waals surface area (Å²) in [5.41, 5.74) is 0.716. The number of nitrogens with zero attached hydrogens (tertiary/aromatic N) is 2. The van der Waals surface area contributed by atoms with E-state index in [-0.39, 0.29) is 0 Å². The van der Waals surface area contributed by atoms with Crippen LogP contribution in [0.3, 0.4) is 0 Å². The number of rotatable bonds is 2. The smallest absolute Gasteiger partial charge is 0.210 e. The van der Waals surface area contributed by atoms with Crippen molar-refractivity contribution in [1.29, 1.82) is 0 Å². The minimum Gasteiger partial charge on any atom is -0.329 e. The van der Waals surface area contributed by atoms with Gasteiger partial charge < -0.3 is 5.32 Å². The summed E-state index contributed by atoms with van der Waals surface area (Å²) in [6.07, 6.45) is 0. The van der Waals surface area contributed by atoms with E-state index in [1.807, 2.05) is 12.1 Å². The Morgan fingerprint density at radius 2 is 2.07 bits per heavy atom. The molecule has 3 nitrogen and oxygen atoms in total. The van der Waals surface area contributed by atoms with Crippen LogP contribution in [0.4, 0.5) is 10.8 Å². The summed E-state index contributed by atoms with van der Waals surface area (Å²) in [4.78, 5) is 0. The lowest BCUT2D eigenvalue weighted by atomic mass is 10.3. The quantitative estimate of drug-likeness (QED) is 0.892. The van der Waals surface area contributed by atoms with Crippen LogP contribution in [-0.2, 0) is 0 Å². The van der Waals surface area contributed by atoms with Gasteiger partial charge in [0.2, 0.25) is 5.13 Å². The topological polar surface area (TPSA) is 37.8 Å². The van der Waals surface area contributed by atoms with Crippen molar-refractivity contribution in [1.82, 2.24) is 10.2 Å². The minimum absolute atomic E-state index is 0.477. The van der Waals surface area contributed by atoms with Gasteiger partial charge in [-0.25, -0.2) is 0 Å². The van der Waals surface area contributed by atoms with E-state index in [2.05, 4.69) is 31.4 Å². The van der Waals surface area contributed by atoms with E-state index in [4.69, 9.17) is 23.2 Å². The van der Waals surface area contributed by atoms with Crippen LogP contribution in [0.1, 0.15) is 0 Å². The van der Waals surface area contributed by atoms with E-state index in [0.717, 1.165) is 0 Å². The Balaban J connectivity index is 2.28. The molecule has 0 atom stereocenters. The van der Waals surface area contributed by atoms with Crippen molar-refractivity contribution in [2.24, 2.45) is 0 Å². The van der Waals surface area contributed by atoms with Gasteiger partial charge in [0.05, 0.1) is 15.7 Å². The zero-order valence-electron chi connectivity index (χ0n) is 7.17. The number of halogens is 3. The molecule has 1 aromatic carbocycles. The summed E-state index contributed by atoms with van der Waals surface area (Å²) >= 11 is 16.5. The summed E-state index contributed by atoms with van der Waals surface area (Å²) in [5, 5.41) is 12.4. The average Bonchev–Trinajstić information content (AvgIpc) is 2.59. The van der Waals surface area contributed by atoms with Gasteiger partial charge in [0.1, 0.15) is 0 Å². The van der Waals surface area contributed by atoms with Crippen LogP contribution in [0.2, 0.25) is 10.0 Å². The lowest BCUT2D eigenvalue weighted by Crippen LogP contribution is -1.90. The molecule has 1 N–H and O–H groups in total. The van der Waals surface area contributed by atoms with Crippen LogP contribution < -0.4 is 5.32 Å². The van der Waals surface area contributed by atoms with E-state index >= 15 is 0 Å². The van der Waals surface area contributed by atoms with E-state index in [1.54, 1.807) is 6.07 Å². The van der Waals surface area contributed by atoms with Crippen LogP contribution in [0.25, 0.3) is 0 Å². The maximum Gasteiger partial charge on any atom is 0.210 e. The van der Waals surface area contributed by atoms with Gasteiger partial charge in [-0.05, 0) is 28.1 Å². The zero-order chi connectivity index (χ0) is 10.8. The second-order valence-electron chi connectivity index (χ2n) is 2.59. The molecule has 0 amide bonds. The molecule has 0 aliphatic carbocycles. The molecule has 2 aromatic rings. The highest BCUT2D eigenvalue weighted by atomic mass is 79.9. The van der Waals surface area contributed by atoms with E-state index in [1.165, 1.54) is 11.3 Å². The molecule has 1 heterocycles. The SMILES string of the molecule is Clc1cccc(Nc2nnc(Br)s2)c1Cl. The Hall–Kier alpha value is -0.360. The molecule has 7 heteroatoms. The van der Waals surface area contributed by atoms with Crippen molar-refractivity contribution >= 4 is 61.3 Å². The molecule has 78 valence electrons. The molecule has 0 spiro atoms. The van der Waals surface area contributed by atoms with Gasteiger partial charge in [0.25, 0.3) is 0 Å². The van der Waals surface area contributed by atoms with E-state index in [9.17, 15) is 0 Å². The van der Waals surface area contributed by atoms with Crippen LogP contribution >= 0.6 is 50.5 Å². The fourth-order valence-electron chi connectivity index (χ4n) is 0.971. The highest BCUT2D eigenvalue weighted by Gasteiger charge is 2.07. The van der Waals surface area contributed by atoms with Gasteiger partial charge in [-0.3, -0.25) is 0 Å². The Kier molecular flexibility index (Phi) is 3.45. The molecule has 0 saturated carbocycles. The molecule has 1 aromatic heterocycles. The van der Waals surface area contributed by atoms with Crippen molar-refractivity contribution in [3.05, 3.63) is 32.2 Å². The highest BCUT2D eigenvalue weighted by Crippen LogP contribution is 2.32. The van der Waals surface area contributed by atoms with Gasteiger partial charge >= 0.3 is 0 Å². The molecule has 15 heavy (non-hydrogen) atoms. The average molecular weight is 325 g/mol. The van der Waals surface area contributed by atoms with Crippen LogP contribution in [0.15, 0.2) is 22.1 Å². The number of benzene rings is 1. The minimum atomic E-state index is 0.477. The molecule has 0 fully saturated rings. The molecule has 0 saturated heterocycles. The molecule has 0 aliphatic heterocycles. The summed E-state index contributed by atoms with van der Waals surface area (Å²) in [6, 6.07) is 5.36. The molecule has 0 unspecified atom stereocenters. The normalized spacial score (nSPS) is 10.3. The van der Waals surface area contributed by atoms with Gasteiger partial charge in [-0.2, -0.15) is 0 Å². The van der Waals surface area contributed by atoms with E-state index in [0.29, 0.717) is 24.8 Å². The van der Waals surface area contributed by atoms with Crippen molar-refractivity contribution in [2.75, 3.05) is 5.32 Å². The highest BCUT2D eigenvalue weighted by molar-refractivity contribution is 9.11. The first-order valence-electron chi connectivity index (χ1n) is 3.87. The number of hydrogen-bond donors (Lipinski definition) is 1. The Morgan fingerprint density at radius 3 is 2.73 bits per heavy atom. The number of nitrogens with one attached hydrogen (secondary N) is 1. The van der Waals surface area contributed by atoms with Gasteiger partial charge in [-0.15, -0.1) is 10.2 Å². The molecule has 2 rings (SSSR count). The third kappa shape index (κ3) is 2.60. The fourth-order valence-corrected chi connectivity index (χ4v) is 2.34. The summed E-state index contributed by atoms with van der Waals surface area (Å²) < 4.78 is 0.711. The van der Waals surface area contributed by atoms with Gasteiger partial charge in [0.15, 0.2) is 3.92 Å². The van der Waals surface area contributed by atoms with Crippen LogP contribution in [-0.4, -0.2) is 10.2 Å². The fraction of sp³-hybridized carbons (Fsp3) is 0. The maximum absolute atomic E-state index is 6.00. The molecule has 0 radical (unpaired) electrons. The van der Waals surface area contributed by atoms with Crippen LogP contribution in [0.5, 0.6) is 0 Å². The largest absolute Gasteiger partial charge is 0.329 e. The van der Waals surface area contributed by atoms with Crippen LogP contribution in [0, 0.1) is 0 Å².